The van der Waals surface area contributed by atoms with Gasteiger partial charge >= 0.3 is 0 Å². The lowest BCUT2D eigenvalue weighted by Crippen LogP contribution is -2.40. The molecule has 1 aromatic heterocycles. The molecular formula is C19H26N4. The van der Waals surface area contributed by atoms with Crippen molar-refractivity contribution in [3.05, 3.63) is 41.6 Å². The standard InChI is InChI=1S/C19H26N4/c1-13(2)15-4-6-16(7-5-15)18-12-14(3)21-19(22-18)23-10-8-17(20)9-11-23/h4-7,12-13,17H,8-11,20H2,1-3H3. The number of aryl methyl sites for hydroxylation is 1. The minimum absolute atomic E-state index is 0.319. The van der Waals surface area contributed by atoms with Crippen molar-refractivity contribution in [1.82, 2.24) is 9.97 Å². The summed E-state index contributed by atoms with van der Waals surface area (Å²) >= 11 is 0. The molecule has 1 aromatic carbocycles. The number of hydrogen-bond donors (Lipinski definition) is 1. The van der Waals surface area contributed by atoms with Crippen molar-refractivity contribution < 1.29 is 0 Å². The van der Waals surface area contributed by atoms with Crippen LogP contribution in [0.5, 0.6) is 0 Å². The molecule has 1 saturated heterocycles. The molecule has 0 spiro atoms. The lowest BCUT2D eigenvalue weighted by molar-refractivity contribution is 0.495. The fraction of sp³-hybridized carbons (Fsp3) is 0.474. The van der Waals surface area contributed by atoms with E-state index >= 15 is 0 Å². The maximum atomic E-state index is 6.00. The number of anilines is 1. The molecule has 0 radical (unpaired) electrons. The van der Waals surface area contributed by atoms with Gasteiger partial charge in [0.25, 0.3) is 0 Å². The van der Waals surface area contributed by atoms with E-state index in [4.69, 9.17) is 10.7 Å². The topological polar surface area (TPSA) is 55.0 Å². The lowest BCUT2D eigenvalue weighted by atomic mass is 10.0. The molecule has 0 atom stereocenters. The molecule has 0 amide bonds. The first kappa shape index (κ1) is 15.9. The monoisotopic (exact) mass is 310 g/mol. The fourth-order valence-corrected chi connectivity index (χ4v) is 2.98. The summed E-state index contributed by atoms with van der Waals surface area (Å²) in [5.74, 6) is 1.38. The normalized spacial score (nSPS) is 16.1. The Morgan fingerprint density at radius 1 is 1.09 bits per heavy atom. The van der Waals surface area contributed by atoms with Crippen LogP contribution in [-0.4, -0.2) is 29.1 Å². The SMILES string of the molecule is Cc1cc(-c2ccc(C(C)C)cc2)nc(N2CCC(N)CC2)n1. The summed E-state index contributed by atoms with van der Waals surface area (Å²) in [6, 6.07) is 11.1. The van der Waals surface area contributed by atoms with Gasteiger partial charge in [0.05, 0.1) is 5.69 Å². The highest BCUT2D eigenvalue weighted by atomic mass is 15.3. The van der Waals surface area contributed by atoms with Gasteiger partial charge in [-0.1, -0.05) is 38.1 Å². The quantitative estimate of drug-likeness (QED) is 0.942. The average molecular weight is 310 g/mol. The van der Waals surface area contributed by atoms with Crippen LogP contribution in [0.1, 0.15) is 43.9 Å². The minimum atomic E-state index is 0.319. The van der Waals surface area contributed by atoms with Crippen molar-refractivity contribution >= 4 is 5.95 Å². The van der Waals surface area contributed by atoms with Gasteiger partial charge in [0.2, 0.25) is 5.95 Å². The van der Waals surface area contributed by atoms with Crippen LogP contribution < -0.4 is 10.6 Å². The molecule has 1 fully saturated rings. The molecule has 1 aliphatic heterocycles. The largest absolute Gasteiger partial charge is 0.341 e. The third-order valence-electron chi connectivity index (χ3n) is 4.54. The number of rotatable bonds is 3. The van der Waals surface area contributed by atoms with E-state index in [-0.39, 0.29) is 0 Å². The second kappa shape index (κ2) is 6.67. The Bertz CT molecular complexity index is 656. The summed E-state index contributed by atoms with van der Waals surface area (Å²) in [5.41, 5.74) is 10.5. The van der Waals surface area contributed by atoms with Crippen molar-refractivity contribution in [2.75, 3.05) is 18.0 Å². The number of hydrogen-bond acceptors (Lipinski definition) is 4. The van der Waals surface area contributed by atoms with Crippen LogP contribution in [0.4, 0.5) is 5.95 Å². The van der Waals surface area contributed by atoms with Crippen molar-refractivity contribution in [1.29, 1.82) is 0 Å². The zero-order valence-corrected chi connectivity index (χ0v) is 14.3. The summed E-state index contributed by atoms with van der Waals surface area (Å²) in [6.07, 6.45) is 2.02. The summed E-state index contributed by atoms with van der Waals surface area (Å²) in [7, 11) is 0. The molecule has 4 heteroatoms. The molecule has 3 rings (SSSR count). The molecule has 2 aromatic rings. The first-order valence-corrected chi connectivity index (χ1v) is 8.49. The molecule has 23 heavy (non-hydrogen) atoms. The number of benzene rings is 1. The molecule has 2 N–H and O–H groups in total. The van der Waals surface area contributed by atoms with Crippen molar-refractivity contribution in [3.8, 4) is 11.3 Å². The lowest BCUT2D eigenvalue weighted by Gasteiger charge is -2.30. The molecule has 0 unspecified atom stereocenters. The molecule has 1 aliphatic rings. The van der Waals surface area contributed by atoms with E-state index in [9.17, 15) is 0 Å². The van der Waals surface area contributed by atoms with E-state index in [1.807, 2.05) is 6.92 Å². The van der Waals surface area contributed by atoms with Crippen LogP contribution in [0.15, 0.2) is 30.3 Å². The van der Waals surface area contributed by atoms with E-state index < -0.39 is 0 Å². The molecule has 0 aliphatic carbocycles. The maximum absolute atomic E-state index is 6.00. The number of nitrogens with two attached hydrogens (primary N) is 1. The maximum Gasteiger partial charge on any atom is 0.226 e. The Hall–Kier alpha value is -1.94. The smallest absolute Gasteiger partial charge is 0.226 e. The summed E-state index contributed by atoms with van der Waals surface area (Å²) in [6.45, 7) is 8.34. The van der Waals surface area contributed by atoms with E-state index in [0.717, 1.165) is 48.8 Å². The average Bonchev–Trinajstić information content (AvgIpc) is 2.55. The van der Waals surface area contributed by atoms with Gasteiger partial charge in [-0.15, -0.1) is 0 Å². The van der Waals surface area contributed by atoms with Gasteiger partial charge < -0.3 is 10.6 Å². The highest BCUT2D eigenvalue weighted by Gasteiger charge is 2.19. The second-order valence-corrected chi connectivity index (χ2v) is 6.80. The molecule has 122 valence electrons. The zero-order valence-electron chi connectivity index (χ0n) is 14.3. The third kappa shape index (κ3) is 3.70. The Morgan fingerprint density at radius 2 is 1.74 bits per heavy atom. The van der Waals surface area contributed by atoms with Gasteiger partial charge in [-0.25, -0.2) is 9.97 Å². The van der Waals surface area contributed by atoms with E-state index in [2.05, 4.69) is 54.1 Å². The molecular weight excluding hydrogens is 284 g/mol. The van der Waals surface area contributed by atoms with Crippen LogP contribution in [0.3, 0.4) is 0 Å². The van der Waals surface area contributed by atoms with Crippen LogP contribution in [-0.2, 0) is 0 Å². The van der Waals surface area contributed by atoms with Gasteiger partial charge in [0.1, 0.15) is 0 Å². The minimum Gasteiger partial charge on any atom is -0.341 e. The van der Waals surface area contributed by atoms with Gasteiger partial charge in [-0.05, 0) is 37.3 Å². The van der Waals surface area contributed by atoms with Crippen LogP contribution in [0.25, 0.3) is 11.3 Å². The second-order valence-electron chi connectivity index (χ2n) is 6.80. The Labute approximate surface area is 138 Å². The molecule has 0 saturated carbocycles. The predicted octanol–water partition coefficient (Wildman–Crippen LogP) is 3.50. The molecule has 2 heterocycles. The highest BCUT2D eigenvalue weighted by Crippen LogP contribution is 2.24. The van der Waals surface area contributed by atoms with E-state index in [1.54, 1.807) is 0 Å². The zero-order chi connectivity index (χ0) is 16.4. The Kier molecular flexibility index (Phi) is 4.62. The van der Waals surface area contributed by atoms with E-state index in [1.165, 1.54) is 5.56 Å². The number of aromatic nitrogens is 2. The highest BCUT2D eigenvalue weighted by molar-refractivity contribution is 5.61. The van der Waals surface area contributed by atoms with Gasteiger partial charge in [0.15, 0.2) is 0 Å². The summed E-state index contributed by atoms with van der Waals surface area (Å²) < 4.78 is 0. The van der Waals surface area contributed by atoms with Crippen LogP contribution in [0.2, 0.25) is 0 Å². The summed E-state index contributed by atoms with van der Waals surface area (Å²) in [4.78, 5) is 11.7. The first-order valence-electron chi connectivity index (χ1n) is 8.49. The molecule has 0 bridgehead atoms. The van der Waals surface area contributed by atoms with Crippen molar-refractivity contribution in [2.24, 2.45) is 5.73 Å². The molecule has 4 nitrogen and oxygen atoms in total. The van der Waals surface area contributed by atoms with Crippen LogP contribution >= 0.6 is 0 Å². The van der Waals surface area contributed by atoms with Crippen LogP contribution in [0, 0.1) is 6.92 Å². The Morgan fingerprint density at radius 3 is 2.35 bits per heavy atom. The number of nitrogens with zero attached hydrogens (tertiary/aromatic N) is 3. The van der Waals surface area contributed by atoms with Crippen molar-refractivity contribution in [3.63, 3.8) is 0 Å². The fourth-order valence-electron chi connectivity index (χ4n) is 2.98. The first-order chi connectivity index (χ1) is 11.0. The predicted molar refractivity (Wildman–Crippen MR) is 95.7 cm³/mol. The van der Waals surface area contributed by atoms with Gasteiger partial charge in [0, 0.05) is 30.4 Å². The number of piperidine rings is 1. The third-order valence-corrected chi connectivity index (χ3v) is 4.54. The van der Waals surface area contributed by atoms with Gasteiger partial charge in [-0.2, -0.15) is 0 Å². The van der Waals surface area contributed by atoms with Gasteiger partial charge in [-0.3, -0.25) is 0 Å². The Balaban J connectivity index is 1.88. The van der Waals surface area contributed by atoms with Crippen molar-refractivity contribution in [2.45, 2.75) is 45.6 Å². The van der Waals surface area contributed by atoms with E-state index in [0.29, 0.717) is 12.0 Å². The summed E-state index contributed by atoms with van der Waals surface area (Å²) in [5, 5.41) is 0.